The molecule has 1 N–H and O–H groups in total. The second-order valence-electron chi connectivity index (χ2n) is 5.20. The molecule has 25 heavy (non-hydrogen) atoms. The summed E-state index contributed by atoms with van der Waals surface area (Å²) in [6, 6.07) is 13.5. The summed E-state index contributed by atoms with van der Waals surface area (Å²) in [5.41, 5.74) is 1.76. The van der Waals surface area contributed by atoms with Crippen molar-refractivity contribution in [1.82, 2.24) is 0 Å². The normalized spacial score (nSPS) is 11.2. The van der Waals surface area contributed by atoms with Crippen LogP contribution in [0.25, 0.3) is 11.0 Å². The molecule has 3 rings (SSSR count). The minimum atomic E-state index is -2.48. The van der Waals surface area contributed by atoms with Crippen LogP contribution in [-0.4, -0.2) is 18.8 Å². The molecule has 0 radical (unpaired) electrons. The number of alkyl halides is 2. The molecule has 2 aromatic carbocycles. The van der Waals surface area contributed by atoms with Crippen molar-refractivity contribution in [3.63, 3.8) is 0 Å². The molecule has 4 nitrogen and oxygen atoms in total. The van der Waals surface area contributed by atoms with Crippen LogP contribution >= 0.6 is 11.8 Å². The quantitative estimate of drug-likeness (QED) is 0.616. The fraction of sp³-hybridized carbons (Fsp3) is 0.167. The van der Waals surface area contributed by atoms with Crippen LogP contribution in [0.2, 0.25) is 0 Å². The number of nitrogens with one attached hydrogen (secondary N) is 1. The highest BCUT2D eigenvalue weighted by Gasteiger charge is 2.20. The number of halogens is 2. The van der Waals surface area contributed by atoms with Crippen molar-refractivity contribution >= 4 is 34.3 Å². The molecule has 1 heterocycles. The maximum atomic E-state index is 12.6. The van der Waals surface area contributed by atoms with Gasteiger partial charge in [0.1, 0.15) is 5.58 Å². The second kappa shape index (κ2) is 7.67. The van der Waals surface area contributed by atoms with Gasteiger partial charge in [0.05, 0.1) is 6.61 Å². The molecule has 0 saturated heterocycles. The van der Waals surface area contributed by atoms with E-state index in [0.717, 1.165) is 5.39 Å². The molecule has 0 bridgehead atoms. The average molecular weight is 363 g/mol. The van der Waals surface area contributed by atoms with E-state index in [1.807, 2.05) is 18.2 Å². The topological polar surface area (TPSA) is 51.5 Å². The highest BCUT2D eigenvalue weighted by Crippen LogP contribution is 2.28. The molecule has 0 spiro atoms. The summed E-state index contributed by atoms with van der Waals surface area (Å²) in [6.45, 7) is 0.240. The van der Waals surface area contributed by atoms with E-state index >= 15 is 0 Å². The van der Waals surface area contributed by atoms with Crippen molar-refractivity contribution in [3.8, 4) is 0 Å². The van der Waals surface area contributed by atoms with E-state index in [9.17, 15) is 13.6 Å². The van der Waals surface area contributed by atoms with Gasteiger partial charge < -0.3 is 14.5 Å². The summed E-state index contributed by atoms with van der Waals surface area (Å²) in [4.78, 5) is 13.0. The van der Waals surface area contributed by atoms with E-state index in [1.54, 1.807) is 25.3 Å². The van der Waals surface area contributed by atoms with Crippen LogP contribution in [0.4, 0.5) is 14.5 Å². The molecule has 3 aromatic rings. The van der Waals surface area contributed by atoms with Gasteiger partial charge >= 0.3 is 0 Å². The van der Waals surface area contributed by atoms with E-state index in [2.05, 4.69) is 5.32 Å². The Hall–Kier alpha value is -2.38. The molecule has 0 unspecified atom stereocenters. The van der Waals surface area contributed by atoms with Gasteiger partial charge in [-0.2, -0.15) is 8.78 Å². The minimum absolute atomic E-state index is 0.175. The van der Waals surface area contributed by atoms with Gasteiger partial charge in [0.2, 0.25) is 0 Å². The smallest absolute Gasteiger partial charge is 0.291 e. The zero-order valence-electron chi connectivity index (χ0n) is 13.3. The molecule has 0 aliphatic carbocycles. The Morgan fingerprint density at radius 2 is 1.92 bits per heavy atom. The van der Waals surface area contributed by atoms with Crippen LogP contribution in [0.3, 0.4) is 0 Å². The molecule has 0 aliphatic rings. The molecule has 1 aromatic heterocycles. The number of methoxy groups -OCH3 is 1. The number of benzene rings is 2. The second-order valence-corrected chi connectivity index (χ2v) is 6.26. The van der Waals surface area contributed by atoms with E-state index in [4.69, 9.17) is 9.15 Å². The third-order valence-electron chi connectivity index (χ3n) is 3.53. The number of hydrogen-bond acceptors (Lipinski definition) is 4. The summed E-state index contributed by atoms with van der Waals surface area (Å²) in [7, 11) is 1.54. The van der Waals surface area contributed by atoms with Gasteiger partial charge in [-0.25, -0.2) is 0 Å². The van der Waals surface area contributed by atoms with Crippen LogP contribution in [-0.2, 0) is 11.3 Å². The number of hydrogen-bond donors (Lipinski definition) is 1. The fourth-order valence-electron chi connectivity index (χ4n) is 2.48. The van der Waals surface area contributed by atoms with Crippen molar-refractivity contribution < 1.29 is 22.7 Å². The molecule has 0 aliphatic heterocycles. The third kappa shape index (κ3) is 4.00. The number of carbonyl (C=O) groups excluding carboxylic acids is 1. The molecular formula is C18H15F2NO3S. The van der Waals surface area contributed by atoms with Crippen molar-refractivity contribution in [3.05, 3.63) is 59.9 Å². The standard InChI is InChI=1S/C18H15F2NO3S/c1-23-10-14-13-4-2-3-5-15(13)24-16(14)17(22)21-11-6-8-12(9-7-11)25-18(19)20/h2-9,18H,10H2,1H3,(H,21,22). The molecule has 0 fully saturated rings. The first-order valence-electron chi connectivity index (χ1n) is 7.44. The Bertz CT molecular complexity index is 878. The van der Waals surface area contributed by atoms with Crippen LogP contribution in [0.5, 0.6) is 0 Å². The summed E-state index contributed by atoms with van der Waals surface area (Å²) < 4.78 is 35.5. The van der Waals surface area contributed by atoms with Crippen molar-refractivity contribution in [2.45, 2.75) is 17.3 Å². The molecule has 130 valence electrons. The van der Waals surface area contributed by atoms with Gasteiger partial charge in [-0.3, -0.25) is 4.79 Å². The van der Waals surface area contributed by atoms with Crippen LogP contribution in [0.1, 0.15) is 16.1 Å². The first-order valence-corrected chi connectivity index (χ1v) is 8.32. The number of furan rings is 1. The number of fused-ring (bicyclic) bond motifs is 1. The molecule has 0 saturated carbocycles. The molecule has 7 heteroatoms. The van der Waals surface area contributed by atoms with E-state index in [0.29, 0.717) is 33.5 Å². The average Bonchev–Trinajstić information content (AvgIpc) is 2.96. The van der Waals surface area contributed by atoms with E-state index in [-0.39, 0.29) is 12.4 Å². The Balaban J connectivity index is 1.83. The van der Waals surface area contributed by atoms with Gasteiger partial charge in [-0.05, 0) is 30.3 Å². The summed E-state index contributed by atoms with van der Waals surface area (Å²) >= 11 is 0.453. The first-order chi connectivity index (χ1) is 12.1. The number of rotatable bonds is 6. The summed E-state index contributed by atoms with van der Waals surface area (Å²) in [5.74, 6) is -2.72. The maximum Gasteiger partial charge on any atom is 0.291 e. The largest absolute Gasteiger partial charge is 0.451 e. The highest BCUT2D eigenvalue weighted by atomic mass is 32.2. The zero-order chi connectivity index (χ0) is 17.8. The molecule has 0 atom stereocenters. The Morgan fingerprint density at radius 3 is 2.60 bits per heavy atom. The Labute approximate surface area is 147 Å². The van der Waals surface area contributed by atoms with Gasteiger partial charge in [0, 0.05) is 28.6 Å². The van der Waals surface area contributed by atoms with Crippen molar-refractivity contribution in [1.29, 1.82) is 0 Å². The maximum absolute atomic E-state index is 12.6. The Kier molecular flexibility index (Phi) is 5.35. The zero-order valence-corrected chi connectivity index (χ0v) is 14.1. The van der Waals surface area contributed by atoms with Crippen molar-refractivity contribution in [2.75, 3.05) is 12.4 Å². The Morgan fingerprint density at radius 1 is 1.20 bits per heavy atom. The SMILES string of the molecule is COCc1c(C(=O)Nc2ccc(SC(F)F)cc2)oc2ccccc12. The number of anilines is 1. The third-order valence-corrected chi connectivity index (χ3v) is 4.25. The number of ether oxygens (including phenoxy) is 1. The molecule has 1 amide bonds. The lowest BCUT2D eigenvalue weighted by atomic mass is 10.1. The van der Waals surface area contributed by atoms with Gasteiger partial charge in [0.15, 0.2) is 5.76 Å². The van der Waals surface area contributed by atoms with Crippen LogP contribution in [0, 0.1) is 0 Å². The number of amides is 1. The molecular weight excluding hydrogens is 348 g/mol. The number of carbonyl (C=O) groups is 1. The van der Waals surface area contributed by atoms with Crippen LogP contribution in [0.15, 0.2) is 57.8 Å². The lowest BCUT2D eigenvalue weighted by Gasteiger charge is -2.06. The van der Waals surface area contributed by atoms with Gasteiger partial charge in [-0.1, -0.05) is 30.0 Å². The predicted molar refractivity (Wildman–Crippen MR) is 93.2 cm³/mol. The minimum Gasteiger partial charge on any atom is -0.451 e. The summed E-state index contributed by atoms with van der Waals surface area (Å²) in [6.07, 6.45) is 0. The highest BCUT2D eigenvalue weighted by molar-refractivity contribution is 7.99. The predicted octanol–water partition coefficient (Wildman–Crippen LogP) is 5.15. The summed E-state index contributed by atoms with van der Waals surface area (Å²) in [5, 5.41) is 3.53. The monoisotopic (exact) mass is 363 g/mol. The fourth-order valence-corrected chi connectivity index (χ4v) is 2.98. The van der Waals surface area contributed by atoms with E-state index < -0.39 is 11.7 Å². The number of para-hydroxylation sites is 1. The van der Waals surface area contributed by atoms with E-state index in [1.165, 1.54) is 12.1 Å². The lowest BCUT2D eigenvalue weighted by Crippen LogP contribution is -2.13. The first kappa shape index (κ1) is 17.4. The van der Waals surface area contributed by atoms with Gasteiger partial charge in [-0.15, -0.1) is 0 Å². The van der Waals surface area contributed by atoms with Crippen molar-refractivity contribution in [2.24, 2.45) is 0 Å². The van der Waals surface area contributed by atoms with Gasteiger partial charge in [0.25, 0.3) is 11.7 Å². The van der Waals surface area contributed by atoms with Crippen LogP contribution < -0.4 is 5.32 Å². The number of thioether (sulfide) groups is 1. The lowest BCUT2D eigenvalue weighted by molar-refractivity contribution is 0.0992.